The fourth-order valence-electron chi connectivity index (χ4n) is 2.01. The van der Waals surface area contributed by atoms with E-state index in [-0.39, 0.29) is 11.0 Å². The molecule has 2 unspecified atom stereocenters. The van der Waals surface area contributed by atoms with E-state index in [2.05, 4.69) is 5.32 Å². The molecule has 1 aliphatic heterocycles. The number of ether oxygens (including phenoxy) is 1. The van der Waals surface area contributed by atoms with Gasteiger partial charge in [0.05, 0.1) is 17.6 Å². The van der Waals surface area contributed by atoms with Gasteiger partial charge in [-0.1, -0.05) is 6.07 Å². The lowest BCUT2D eigenvalue weighted by atomic mass is 10.1. The lowest BCUT2D eigenvalue weighted by Crippen LogP contribution is -2.34. The number of aliphatic hydroxyl groups excluding tert-OH is 1. The van der Waals surface area contributed by atoms with E-state index < -0.39 is 15.3 Å². The standard InChI is InChI=1S/C12H18N2O4S/c1-8(15)19(16,17)12-6-9(13)2-3-10(12)11-7-14-4-5-18-11/h2-3,6,8,11,14-15H,4-5,7,13H2,1H3. The maximum Gasteiger partial charge on any atom is 0.205 e. The summed E-state index contributed by atoms with van der Waals surface area (Å²) in [5.41, 5.74) is 5.04. The van der Waals surface area contributed by atoms with Crippen LogP contribution in [0, 0.1) is 0 Å². The molecule has 4 N–H and O–H groups in total. The molecule has 1 aliphatic rings. The highest BCUT2D eigenvalue weighted by Gasteiger charge is 2.28. The van der Waals surface area contributed by atoms with Crippen molar-refractivity contribution in [3.8, 4) is 0 Å². The highest BCUT2D eigenvalue weighted by atomic mass is 32.2. The molecule has 0 amide bonds. The summed E-state index contributed by atoms with van der Waals surface area (Å²) in [6.07, 6.45) is -0.349. The molecule has 0 bridgehead atoms. The minimum Gasteiger partial charge on any atom is -0.399 e. The molecule has 106 valence electrons. The van der Waals surface area contributed by atoms with Crippen LogP contribution in [-0.2, 0) is 14.6 Å². The maximum absolute atomic E-state index is 12.2. The lowest BCUT2D eigenvalue weighted by molar-refractivity contribution is 0.0259. The predicted molar refractivity (Wildman–Crippen MR) is 71.3 cm³/mol. The summed E-state index contributed by atoms with van der Waals surface area (Å²) in [6, 6.07) is 4.64. The highest BCUT2D eigenvalue weighted by Crippen LogP contribution is 2.29. The number of aliphatic hydroxyl groups is 1. The molecule has 0 aliphatic carbocycles. The maximum atomic E-state index is 12.2. The van der Waals surface area contributed by atoms with Gasteiger partial charge in [0.2, 0.25) is 9.84 Å². The molecule has 0 aromatic heterocycles. The summed E-state index contributed by atoms with van der Waals surface area (Å²) < 4.78 is 29.9. The van der Waals surface area contributed by atoms with Gasteiger partial charge in [-0.3, -0.25) is 0 Å². The number of nitrogens with one attached hydrogen (secondary N) is 1. The first-order valence-corrected chi connectivity index (χ1v) is 7.61. The smallest absolute Gasteiger partial charge is 0.205 e. The van der Waals surface area contributed by atoms with Gasteiger partial charge >= 0.3 is 0 Å². The number of morpholine rings is 1. The van der Waals surface area contributed by atoms with Crippen molar-refractivity contribution in [2.24, 2.45) is 0 Å². The van der Waals surface area contributed by atoms with Crippen LogP contribution in [0.5, 0.6) is 0 Å². The van der Waals surface area contributed by atoms with E-state index in [4.69, 9.17) is 10.5 Å². The van der Waals surface area contributed by atoms with Crippen molar-refractivity contribution in [2.75, 3.05) is 25.4 Å². The van der Waals surface area contributed by atoms with E-state index >= 15 is 0 Å². The van der Waals surface area contributed by atoms with E-state index in [1.54, 1.807) is 12.1 Å². The molecule has 0 saturated carbocycles. The van der Waals surface area contributed by atoms with Crippen molar-refractivity contribution in [1.82, 2.24) is 5.32 Å². The van der Waals surface area contributed by atoms with Crippen molar-refractivity contribution in [3.05, 3.63) is 23.8 Å². The Morgan fingerprint density at radius 1 is 1.53 bits per heavy atom. The van der Waals surface area contributed by atoms with Crippen molar-refractivity contribution >= 4 is 15.5 Å². The van der Waals surface area contributed by atoms with Gasteiger partial charge in [0.25, 0.3) is 0 Å². The molecule has 2 atom stereocenters. The predicted octanol–water partition coefficient (Wildman–Crippen LogP) is 0.0417. The third-order valence-corrected chi connectivity index (χ3v) is 4.93. The van der Waals surface area contributed by atoms with E-state index in [9.17, 15) is 13.5 Å². The molecule has 0 radical (unpaired) electrons. The first-order valence-electron chi connectivity index (χ1n) is 6.06. The first kappa shape index (κ1) is 14.3. The van der Waals surface area contributed by atoms with Crippen molar-refractivity contribution < 1.29 is 18.3 Å². The van der Waals surface area contributed by atoms with E-state index in [1.807, 2.05) is 0 Å². The quantitative estimate of drug-likeness (QED) is 0.678. The summed E-state index contributed by atoms with van der Waals surface area (Å²) in [5.74, 6) is 0. The van der Waals surface area contributed by atoms with Gasteiger partial charge in [0, 0.05) is 24.3 Å². The number of nitrogen functional groups attached to an aromatic ring is 1. The Balaban J connectivity index is 2.49. The van der Waals surface area contributed by atoms with Crippen LogP contribution in [0.4, 0.5) is 5.69 Å². The SMILES string of the molecule is CC(O)S(=O)(=O)c1cc(N)ccc1C1CNCCO1. The number of nitrogens with two attached hydrogens (primary N) is 1. The Morgan fingerprint density at radius 3 is 2.84 bits per heavy atom. The van der Waals surface area contributed by atoms with Crippen LogP contribution in [0.25, 0.3) is 0 Å². The van der Waals surface area contributed by atoms with Gasteiger partial charge in [-0.2, -0.15) is 0 Å². The number of benzene rings is 1. The molecule has 0 spiro atoms. The normalized spacial score (nSPS) is 22.1. The summed E-state index contributed by atoms with van der Waals surface area (Å²) in [5, 5.41) is 12.6. The molecule has 1 aromatic rings. The third kappa shape index (κ3) is 2.89. The minimum absolute atomic E-state index is 0.0381. The Labute approximate surface area is 112 Å². The second kappa shape index (κ2) is 5.46. The molecule has 1 saturated heterocycles. The average Bonchev–Trinajstić information content (AvgIpc) is 2.39. The number of anilines is 1. The highest BCUT2D eigenvalue weighted by molar-refractivity contribution is 7.91. The van der Waals surface area contributed by atoms with E-state index in [0.717, 1.165) is 6.54 Å². The second-order valence-electron chi connectivity index (χ2n) is 4.51. The summed E-state index contributed by atoms with van der Waals surface area (Å²) in [7, 11) is -3.81. The van der Waals surface area contributed by atoms with Gasteiger partial charge in [-0.25, -0.2) is 8.42 Å². The number of rotatable bonds is 3. The fourth-order valence-corrected chi connectivity index (χ4v) is 3.21. The third-order valence-electron chi connectivity index (χ3n) is 3.07. The van der Waals surface area contributed by atoms with Crippen molar-refractivity contribution in [1.29, 1.82) is 0 Å². The monoisotopic (exact) mass is 286 g/mol. The topological polar surface area (TPSA) is 102 Å². The number of hydrogen-bond acceptors (Lipinski definition) is 6. The summed E-state index contributed by atoms with van der Waals surface area (Å²) in [6.45, 7) is 3.02. The Kier molecular flexibility index (Phi) is 4.10. The van der Waals surface area contributed by atoms with Gasteiger partial charge in [0.15, 0.2) is 5.44 Å². The van der Waals surface area contributed by atoms with Gasteiger partial charge in [-0.15, -0.1) is 0 Å². The van der Waals surface area contributed by atoms with Crippen LogP contribution in [0.2, 0.25) is 0 Å². The van der Waals surface area contributed by atoms with Crippen LogP contribution < -0.4 is 11.1 Å². The van der Waals surface area contributed by atoms with E-state index in [1.165, 1.54) is 13.0 Å². The zero-order valence-electron chi connectivity index (χ0n) is 10.7. The molecule has 1 aromatic carbocycles. The van der Waals surface area contributed by atoms with Crippen LogP contribution in [0.1, 0.15) is 18.6 Å². The van der Waals surface area contributed by atoms with E-state index in [0.29, 0.717) is 24.4 Å². The lowest BCUT2D eigenvalue weighted by Gasteiger charge is -2.26. The fraction of sp³-hybridized carbons (Fsp3) is 0.500. The zero-order valence-corrected chi connectivity index (χ0v) is 11.5. The largest absolute Gasteiger partial charge is 0.399 e. The van der Waals surface area contributed by atoms with Crippen molar-refractivity contribution in [3.63, 3.8) is 0 Å². The van der Waals surface area contributed by atoms with Crippen LogP contribution in [0.3, 0.4) is 0 Å². The van der Waals surface area contributed by atoms with Gasteiger partial charge in [-0.05, 0) is 19.1 Å². The van der Waals surface area contributed by atoms with Crippen LogP contribution >= 0.6 is 0 Å². The Morgan fingerprint density at radius 2 is 2.26 bits per heavy atom. The molecule has 2 rings (SSSR count). The molecular weight excluding hydrogens is 268 g/mol. The zero-order chi connectivity index (χ0) is 14.0. The molecular formula is C12H18N2O4S. The summed E-state index contributed by atoms with van der Waals surface area (Å²) >= 11 is 0. The number of hydrogen-bond donors (Lipinski definition) is 3. The van der Waals surface area contributed by atoms with Crippen LogP contribution in [-0.4, -0.2) is 38.7 Å². The Hall–Kier alpha value is -1.15. The average molecular weight is 286 g/mol. The Bertz CT molecular complexity index is 551. The minimum atomic E-state index is -3.81. The molecule has 7 heteroatoms. The second-order valence-corrected chi connectivity index (χ2v) is 6.72. The molecule has 6 nitrogen and oxygen atoms in total. The van der Waals surface area contributed by atoms with Gasteiger partial charge < -0.3 is 20.9 Å². The molecule has 1 heterocycles. The first-order chi connectivity index (χ1) is 8.93. The van der Waals surface area contributed by atoms with Gasteiger partial charge in [0.1, 0.15) is 0 Å². The summed E-state index contributed by atoms with van der Waals surface area (Å²) in [4.78, 5) is 0.0381. The molecule has 19 heavy (non-hydrogen) atoms. The molecule has 1 fully saturated rings. The number of sulfone groups is 1. The van der Waals surface area contributed by atoms with Crippen LogP contribution in [0.15, 0.2) is 23.1 Å². The van der Waals surface area contributed by atoms with Crippen molar-refractivity contribution in [2.45, 2.75) is 23.4 Å².